The van der Waals surface area contributed by atoms with E-state index >= 15 is 4.39 Å². The van der Waals surface area contributed by atoms with Crippen LogP contribution in [0.5, 0.6) is 0 Å². The van der Waals surface area contributed by atoms with Crippen LogP contribution >= 0.6 is 11.8 Å². The molecule has 1 fully saturated rings. The van der Waals surface area contributed by atoms with Gasteiger partial charge >= 0.3 is 6.09 Å². The summed E-state index contributed by atoms with van der Waals surface area (Å²) in [5.41, 5.74) is -2.02. The summed E-state index contributed by atoms with van der Waals surface area (Å²) in [7, 11) is 0.157. The molecule has 0 saturated heterocycles. The van der Waals surface area contributed by atoms with Gasteiger partial charge in [-0.15, -0.1) is 0 Å². The van der Waals surface area contributed by atoms with Crippen LogP contribution in [0.2, 0.25) is 25.7 Å². The van der Waals surface area contributed by atoms with E-state index in [1.807, 2.05) is 0 Å². The second kappa shape index (κ2) is 10.1. The van der Waals surface area contributed by atoms with E-state index in [1.54, 1.807) is 27.7 Å². The molecule has 2 amide bonds. The Morgan fingerprint density at radius 1 is 1.28 bits per heavy atom. The number of carbonyl (C=O) groups excluding carboxylic acids is 2. The number of thioether (sulfide) groups is 1. The molecule has 1 aromatic rings. The third kappa shape index (κ3) is 5.94. The van der Waals surface area contributed by atoms with Crippen LogP contribution in [0.15, 0.2) is 23.2 Å². The van der Waals surface area contributed by atoms with Gasteiger partial charge in [-0.3, -0.25) is 9.79 Å². The Labute approximate surface area is 217 Å². The first-order valence-corrected chi connectivity index (χ1v) is 16.6. The molecule has 1 heterocycles. The first-order valence-electron chi connectivity index (χ1n) is 12.1. The van der Waals surface area contributed by atoms with Crippen molar-refractivity contribution < 1.29 is 27.8 Å². The second-order valence-electron chi connectivity index (χ2n) is 11.7. The monoisotopic (exact) mass is 541 g/mol. The van der Waals surface area contributed by atoms with Crippen LogP contribution in [0.4, 0.5) is 13.6 Å². The number of ether oxygens (including phenoxy) is 2. The van der Waals surface area contributed by atoms with E-state index in [0.717, 1.165) is 23.9 Å². The first-order chi connectivity index (χ1) is 16.5. The van der Waals surface area contributed by atoms with Crippen molar-refractivity contribution in [3.05, 3.63) is 35.4 Å². The Morgan fingerprint density at radius 3 is 2.53 bits per heavy atom. The van der Waals surface area contributed by atoms with E-state index in [0.29, 0.717) is 13.0 Å². The number of amidine groups is 1. The topological polar surface area (TPSA) is 80.2 Å². The van der Waals surface area contributed by atoms with Crippen molar-refractivity contribution in [1.82, 2.24) is 10.2 Å². The highest BCUT2D eigenvalue weighted by atomic mass is 32.2. The minimum absolute atomic E-state index is 0.0415. The lowest BCUT2D eigenvalue weighted by atomic mass is 9.85. The Kier molecular flexibility index (Phi) is 7.98. The minimum atomic E-state index is -1.37. The van der Waals surface area contributed by atoms with E-state index in [9.17, 15) is 14.0 Å². The van der Waals surface area contributed by atoms with Gasteiger partial charge < -0.3 is 14.8 Å². The summed E-state index contributed by atoms with van der Waals surface area (Å²) in [6, 6.07) is 4.84. The SMILES string of the molecule is CNC(=O)[C@]12C[C@H]1[C@@](C)(c1cccc(F)c1F)N=C(N(COCC[Si](C)(C)C)C(=O)OC(C)(C)C)S2. The number of carbonyl (C=O) groups is 2. The van der Waals surface area contributed by atoms with Gasteiger partial charge in [-0.2, -0.15) is 0 Å². The normalized spacial score (nSPS) is 25.5. The van der Waals surface area contributed by atoms with Crippen molar-refractivity contribution in [1.29, 1.82) is 0 Å². The molecule has 0 unspecified atom stereocenters. The second-order valence-corrected chi connectivity index (χ2v) is 18.6. The average molecular weight is 542 g/mol. The van der Waals surface area contributed by atoms with Gasteiger partial charge in [-0.1, -0.05) is 43.5 Å². The summed E-state index contributed by atoms with van der Waals surface area (Å²) in [6.45, 7) is 13.9. The Morgan fingerprint density at radius 2 is 1.94 bits per heavy atom. The summed E-state index contributed by atoms with van der Waals surface area (Å²) in [5, 5.41) is 2.87. The highest BCUT2D eigenvalue weighted by Crippen LogP contribution is 2.66. The fourth-order valence-electron chi connectivity index (χ4n) is 4.28. The van der Waals surface area contributed by atoms with Gasteiger partial charge in [0.15, 0.2) is 16.8 Å². The van der Waals surface area contributed by atoms with Crippen LogP contribution < -0.4 is 5.32 Å². The Bertz CT molecular complexity index is 1060. The molecule has 11 heteroatoms. The molecule has 0 aromatic heterocycles. The Balaban J connectivity index is 2.05. The molecule has 3 rings (SSSR count). The molecule has 0 bridgehead atoms. The number of nitrogens with one attached hydrogen (secondary N) is 1. The maximum atomic E-state index is 15.0. The lowest BCUT2D eigenvalue weighted by Gasteiger charge is -2.37. The molecular formula is C25H37F2N3O4SSi. The molecule has 36 heavy (non-hydrogen) atoms. The third-order valence-corrected chi connectivity index (χ3v) is 9.56. The number of nitrogens with zero attached hydrogens (tertiary/aromatic N) is 2. The molecule has 1 saturated carbocycles. The minimum Gasteiger partial charge on any atom is -0.443 e. The Hall–Kier alpha value is -1.98. The smallest absolute Gasteiger partial charge is 0.418 e. The van der Waals surface area contributed by atoms with Gasteiger partial charge in [-0.05, 0) is 46.2 Å². The molecule has 0 radical (unpaired) electrons. The largest absolute Gasteiger partial charge is 0.443 e. The van der Waals surface area contributed by atoms with Gasteiger partial charge in [0, 0.05) is 33.2 Å². The number of rotatable bonds is 7. The zero-order valence-corrected chi connectivity index (χ0v) is 24.1. The lowest BCUT2D eigenvalue weighted by molar-refractivity contribution is -0.121. The maximum Gasteiger partial charge on any atom is 0.418 e. The molecule has 1 aliphatic carbocycles. The number of hydrogen-bond donors (Lipinski definition) is 1. The zero-order chi connectivity index (χ0) is 27.1. The van der Waals surface area contributed by atoms with Crippen molar-refractivity contribution in [2.24, 2.45) is 10.9 Å². The van der Waals surface area contributed by atoms with Crippen molar-refractivity contribution in [3.63, 3.8) is 0 Å². The fourth-order valence-corrected chi connectivity index (χ4v) is 6.65. The summed E-state index contributed by atoms with van der Waals surface area (Å²) in [5.74, 6) is -2.64. The standard InChI is InChI=1S/C25H37F2N3O4SSi/c1-23(2,3)34-22(32)30(15-33-12-13-36(6,7)8)21-29-24(4,16-10-9-11-17(26)19(16)27)18-14-25(18,35-21)20(31)28-5/h9-11,18H,12-15H2,1-8H3,(H,28,31)/t18-,24+,25-/m0/s1. The molecule has 1 aliphatic heterocycles. The molecule has 0 spiro atoms. The number of fused-ring (bicyclic) bond motifs is 1. The summed E-state index contributed by atoms with van der Waals surface area (Å²) in [6.07, 6.45) is -0.287. The quantitative estimate of drug-likeness (QED) is 0.287. The molecular weight excluding hydrogens is 504 g/mol. The van der Waals surface area contributed by atoms with Gasteiger partial charge in [-0.25, -0.2) is 18.5 Å². The molecule has 1 N–H and O–H groups in total. The predicted molar refractivity (Wildman–Crippen MR) is 141 cm³/mol. The van der Waals surface area contributed by atoms with E-state index in [-0.39, 0.29) is 29.3 Å². The van der Waals surface area contributed by atoms with Gasteiger partial charge in [0.25, 0.3) is 0 Å². The number of halogens is 2. The van der Waals surface area contributed by atoms with E-state index in [1.165, 1.54) is 24.1 Å². The molecule has 3 atom stereocenters. The van der Waals surface area contributed by atoms with Gasteiger partial charge in [0.2, 0.25) is 5.91 Å². The number of benzene rings is 1. The van der Waals surface area contributed by atoms with Crippen molar-refractivity contribution in [3.8, 4) is 0 Å². The van der Waals surface area contributed by atoms with Crippen LogP contribution in [0.3, 0.4) is 0 Å². The molecule has 1 aromatic carbocycles. The number of amides is 2. The zero-order valence-electron chi connectivity index (χ0n) is 22.3. The summed E-state index contributed by atoms with van der Waals surface area (Å²) in [4.78, 5) is 32.4. The number of hydrogen-bond acceptors (Lipinski definition) is 6. The average Bonchev–Trinajstić information content (AvgIpc) is 3.50. The highest BCUT2D eigenvalue weighted by Gasteiger charge is 2.71. The molecule has 7 nitrogen and oxygen atoms in total. The van der Waals surface area contributed by atoms with Gasteiger partial charge in [0.1, 0.15) is 17.1 Å². The summed E-state index contributed by atoms with van der Waals surface area (Å²) < 4.78 is 39.8. The molecule has 200 valence electrons. The van der Waals surface area contributed by atoms with E-state index in [4.69, 9.17) is 14.5 Å². The molecule has 2 aliphatic rings. The van der Waals surface area contributed by atoms with E-state index < -0.39 is 41.7 Å². The van der Waals surface area contributed by atoms with Crippen LogP contribution in [-0.4, -0.2) is 60.9 Å². The van der Waals surface area contributed by atoms with Gasteiger partial charge in [0.05, 0.1) is 5.54 Å². The number of aliphatic imine (C=N–C) groups is 1. The lowest BCUT2D eigenvalue weighted by Crippen LogP contribution is -2.48. The highest BCUT2D eigenvalue weighted by molar-refractivity contribution is 8.16. The van der Waals surface area contributed by atoms with Crippen LogP contribution in [-0.2, 0) is 19.8 Å². The first kappa shape index (κ1) is 28.6. The van der Waals surface area contributed by atoms with Crippen molar-refractivity contribution in [2.75, 3.05) is 20.4 Å². The van der Waals surface area contributed by atoms with Crippen LogP contribution in [0, 0.1) is 17.6 Å². The summed E-state index contributed by atoms with van der Waals surface area (Å²) >= 11 is 1.15. The maximum absolute atomic E-state index is 15.0. The van der Waals surface area contributed by atoms with Crippen LogP contribution in [0.1, 0.15) is 39.7 Å². The third-order valence-electron chi connectivity index (χ3n) is 6.36. The van der Waals surface area contributed by atoms with Crippen LogP contribution in [0.25, 0.3) is 0 Å². The van der Waals surface area contributed by atoms with Crippen molar-refractivity contribution >= 4 is 37.0 Å². The fraction of sp³-hybridized carbons (Fsp3) is 0.640. The predicted octanol–water partition coefficient (Wildman–Crippen LogP) is 5.34. The van der Waals surface area contributed by atoms with Crippen molar-refractivity contribution in [2.45, 2.75) is 75.7 Å². The van der Waals surface area contributed by atoms with E-state index in [2.05, 4.69) is 25.0 Å².